The van der Waals surface area contributed by atoms with Crippen LogP contribution in [0.1, 0.15) is 43.7 Å². The van der Waals surface area contributed by atoms with Gasteiger partial charge in [0.15, 0.2) is 5.75 Å². The van der Waals surface area contributed by atoms with Crippen LogP contribution in [0, 0.1) is 5.41 Å². The molecule has 4 aliphatic heterocycles. The second kappa shape index (κ2) is 13.0. The summed E-state index contributed by atoms with van der Waals surface area (Å²) in [7, 11) is 0.876. The lowest BCUT2D eigenvalue weighted by atomic mass is 9.72. The number of aryl methyl sites for hydroxylation is 1. The Balaban J connectivity index is 0.812. The number of aromatic nitrogens is 4. The van der Waals surface area contributed by atoms with Crippen LogP contribution in [-0.4, -0.2) is 109 Å². The number of nitrogens with zero attached hydrogens (tertiary/aromatic N) is 7. The zero-order chi connectivity index (χ0) is 32.7. The molecule has 2 unspecified atom stereocenters. The van der Waals surface area contributed by atoms with Crippen LogP contribution in [0.15, 0.2) is 30.6 Å². The smallest absolute Gasteiger partial charge is 0.387 e. The molecule has 2 aromatic heterocycles. The number of halogens is 2. The van der Waals surface area contributed by atoms with E-state index in [-0.39, 0.29) is 23.6 Å². The Hall–Kier alpha value is -3.76. The largest absolute Gasteiger partial charge is 0.432 e. The SMILES string of the molecule is Cn1nc(C2CCC(=O)NC2=O)c2ccc(N3CC4(CN(CCCS(=O)N5CCC(Nc6ncc(OC(F)F)cn6)CC5)C4)C3)cc21. The zero-order valence-electron chi connectivity index (χ0n) is 26.2. The number of piperidine rings is 2. The van der Waals surface area contributed by atoms with Gasteiger partial charge in [0.05, 0.1) is 40.5 Å². The molecular formula is C31H39F2N9O4S. The third-order valence-corrected chi connectivity index (χ3v) is 11.3. The highest BCUT2D eigenvalue weighted by atomic mass is 32.2. The highest BCUT2D eigenvalue weighted by Crippen LogP contribution is 2.43. The third-order valence-electron chi connectivity index (χ3n) is 9.69. The molecule has 4 fully saturated rings. The minimum Gasteiger partial charge on any atom is -0.432 e. The molecule has 1 aromatic carbocycles. The van der Waals surface area contributed by atoms with Gasteiger partial charge < -0.3 is 19.9 Å². The summed E-state index contributed by atoms with van der Waals surface area (Å²) in [6.07, 6.45) is 5.73. The number of ether oxygens (including phenoxy) is 1. The minimum absolute atomic E-state index is 0.0811. The summed E-state index contributed by atoms with van der Waals surface area (Å²) < 4.78 is 45.7. The van der Waals surface area contributed by atoms with Gasteiger partial charge in [-0.3, -0.25) is 19.6 Å². The summed E-state index contributed by atoms with van der Waals surface area (Å²) in [4.78, 5) is 37.0. The number of benzene rings is 1. The average Bonchev–Trinajstić information content (AvgIpc) is 3.33. The molecule has 4 aliphatic rings. The summed E-state index contributed by atoms with van der Waals surface area (Å²) in [5.74, 6) is 0.0291. The maximum atomic E-state index is 13.0. The van der Waals surface area contributed by atoms with E-state index < -0.39 is 23.5 Å². The molecular weight excluding hydrogens is 632 g/mol. The minimum atomic E-state index is -2.91. The van der Waals surface area contributed by atoms with Gasteiger partial charge in [-0.05, 0) is 50.4 Å². The lowest BCUT2D eigenvalue weighted by molar-refractivity contribution is -0.134. The number of fused-ring (bicyclic) bond motifs is 1. The van der Waals surface area contributed by atoms with Gasteiger partial charge in [-0.15, -0.1) is 0 Å². The van der Waals surface area contributed by atoms with Crippen LogP contribution in [0.3, 0.4) is 0 Å². The van der Waals surface area contributed by atoms with Crippen LogP contribution >= 0.6 is 0 Å². The Labute approximate surface area is 273 Å². The van der Waals surface area contributed by atoms with Gasteiger partial charge in [0.1, 0.15) is 0 Å². The van der Waals surface area contributed by atoms with E-state index in [0.717, 1.165) is 74.3 Å². The Kier molecular flexibility index (Phi) is 8.82. The van der Waals surface area contributed by atoms with E-state index in [9.17, 15) is 22.6 Å². The van der Waals surface area contributed by atoms with Crippen molar-refractivity contribution >= 4 is 45.3 Å². The van der Waals surface area contributed by atoms with Crippen LogP contribution in [0.25, 0.3) is 10.9 Å². The third kappa shape index (κ3) is 6.81. The lowest BCUT2D eigenvalue weighted by Gasteiger charge is -2.61. The molecule has 16 heteroatoms. The molecule has 1 spiro atoms. The number of rotatable bonds is 11. The maximum Gasteiger partial charge on any atom is 0.387 e. The fourth-order valence-electron chi connectivity index (χ4n) is 7.37. The summed E-state index contributed by atoms with van der Waals surface area (Å²) in [5.41, 5.74) is 3.18. The molecule has 7 rings (SSSR count). The maximum absolute atomic E-state index is 13.0. The highest BCUT2D eigenvalue weighted by Gasteiger charge is 2.51. The van der Waals surface area contributed by atoms with Crippen molar-refractivity contribution in [3.8, 4) is 5.75 Å². The van der Waals surface area contributed by atoms with Gasteiger partial charge in [-0.2, -0.15) is 13.9 Å². The molecule has 13 nitrogen and oxygen atoms in total. The standard InChI is InChI=1S/C31H39F2N9O4S/c1-39-25-13-21(3-4-23(25)27(38-39)24-5-6-26(43)37-28(24)44)41-18-31(19-41)16-40(17-31)9-2-12-47(45)42-10-7-20(8-11-42)36-30-34-14-22(15-35-30)46-29(32)33/h3-4,13-15,20,24,29H,2,5-12,16-19H2,1H3,(H,34,35,36)(H,37,43,44). The van der Waals surface area contributed by atoms with Crippen molar-refractivity contribution in [2.75, 3.05) is 61.8 Å². The molecule has 0 saturated carbocycles. The number of hydrogen-bond acceptors (Lipinski definition) is 10. The molecule has 3 aromatic rings. The number of imide groups is 1. The first-order valence-corrected chi connectivity index (χ1v) is 17.4. The van der Waals surface area contributed by atoms with Crippen molar-refractivity contribution in [2.24, 2.45) is 12.5 Å². The van der Waals surface area contributed by atoms with Crippen LogP contribution in [-0.2, 0) is 27.6 Å². The molecule has 0 radical (unpaired) electrons. The molecule has 0 aliphatic carbocycles. The van der Waals surface area contributed by atoms with Crippen LogP contribution in [0.2, 0.25) is 0 Å². The summed E-state index contributed by atoms with van der Waals surface area (Å²) in [6.45, 7) is 3.56. The second-order valence-electron chi connectivity index (χ2n) is 13.1. The predicted octanol–water partition coefficient (Wildman–Crippen LogP) is 2.24. The topological polar surface area (TPSA) is 138 Å². The van der Waals surface area contributed by atoms with Crippen LogP contribution < -0.4 is 20.3 Å². The second-order valence-corrected chi connectivity index (χ2v) is 14.7. The number of amides is 2. The van der Waals surface area contributed by atoms with Crippen molar-refractivity contribution in [3.05, 3.63) is 36.3 Å². The molecule has 2 atom stereocenters. The lowest BCUT2D eigenvalue weighted by Crippen LogP contribution is -2.72. The zero-order valence-corrected chi connectivity index (χ0v) is 27.1. The molecule has 4 saturated heterocycles. The number of anilines is 2. The van der Waals surface area contributed by atoms with Crippen molar-refractivity contribution in [3.63, 3.8) is 0 Å². The fraction of sp³-hybridized carbons (Fsp3) is 0.581. The number of nitrogens with one attached hydrogen (secondary N) is 2. The van der Waals surface area contributed by atoms with Crippen LogP contribution in [0.5, 0.6) is 5.75 Å². The number of hydrogen-bond donors (Lipinski definition) is 2. The number of carbonyl (C=O) groups excluding carboxylic acids is 2. The van der Waals surface area contributed by atoms with E-state index in [1.165, 1.54) is 12.4 Å². The van der Waals surface area contributed by atoms with Gasteiger partial charge in [-0.25, -0.2) is 18.5 Å². The molecule has 2 N–H and O–H groups in total. The number of likely N-dealkylation sites (tertiary alicyclic amines) is 1. The van der Waals surface area contributed by atoms with Gasteiger partial charge in [0.25, 0.3) is 0 Å². The molecule has 47 heavy (non-hydrogen) atoms. The Morgan fingerprint density at radius 1 is 1.11 bits per heavy atom. The van der Waals surface area contributed by atoms with E-state index in [4.69, 9.17) is 0 Å². The quantitative estimate of drug-likeness (QED) is 0.292. The summed E-state index contributed by atoms with van der Waals surface area (Å²) in [6, 6.07) is 6.44. The van der Waals surface area contributed by atoms with Crippen molar-refractivity contribution < 1.29 is 27.3 Å². The molecule has 6 heterocycles. The molecule has 0 bridgehead atoms. The Bertz CT molecular complexity index is 1650. The molecule has 2 amide bonds. The van der Waals surface area contributed by atoms with Gasteiger partial charge >= 0.3 is 6.61 Å². The summed E-state index contributed by atoms with van der Waals surface area (Å²) >= 11 is 0. The fourth-order valence-corrected chi connectivity index (χ4v) is 8.62. The van der Waals surface area contributed by atoms with Crippen molar-refractivity contribution in [2.45, 2.75) is 50.7 Å². The van der Waals surface area contributed by atoms with E-state index in [2.05, 4.69) is 58.4 Å². The highest BCUT2D eigenvalue weighted by molar-refractivity contribution is 7.82. The first-order valence-electron chi connectivity index (χ1n) is 16.1. The monoisotopic (exact) mass is 671 g/mol. The number of carbonyl (C=O) groups is 2. The van der Waals surface area contributed by atoms with Crippen molar-refractivity contribution in [1.82, 2.24) is 34.3 Å². The van der Waals surface area contributed by atoms with Gasteiger partial charge in [-0.1, -0.05) is 0 Å². The van der Waals surface area contributed by atoms with E-state index in [0.29, 0.717) is 43.0 Å². The van der Waals surface area contributed by atoms with Crippen LogP contribution in [0.4, 0.5) is 20.4 Å². The molecule has 252 valence electrons. The normalized spacial score (nSPS) is 22.7. The van der Waals surface area contributed by atoms with E-state index in [1.54, 1.807) is 0 Å². The first-order chi connectivity index (χ1) is 22.6. The summed E-state index contributed by atoms with van der Waals surface area (Å²) in [5, 5.41) is 11.3. The number of alkyl halides is 2. The van der Waals surface area contributed by atoms with Crippen molar-refractivity contribution in [1.29, 1.82) is 0 Å². The first kappa shape index (κ1) is 31.8. The van der Waals surface area contributed by atoms with E-state index >= 15 is 0 Å². The van der Waals surface area contributed by atoms with Gasteiger partial charge in [0.2, 0.25) is 17.8 Å². The van der Waals surface area contributed by atoms with Gasteiger partial charge in [0, 0.05) is 81.0 Å². The Morgan fingerprint density at radius 2 is 1.85 bits per heavy atom. The Morgan fingerprint density at radius 3 is 2.55 bits per heavy atom. The predicted molar refractivity (Wildman–Crippen MR) is 171 cm³/mol. The van der Waals surface area contributed by atoms with E-state index in [1.807, 2.05) is 16.0 Å². The average molecular weight is 672 g/mol.